The van der Waals surface area contributed by atoms with Crippen LogP contribution in [-0.2, 0) is 23.8 Å². The predicted molar refractivity (Wildman–Crippen MR) is 79.8 cm³/mol. The lowest BCUT2D eigenvalue weighted by Crippen LogP contribution is -2.56. The first-order valence-electron chi connectivity index (χ1n) is 7.82. The molecule has 0 aromatic carbocycles. The molecule has 1 aliphatic rings. The molecule has 0 spiro atoms. The first-order valence-corrected chi connectivity index (χ1v) is 7.82. The Balaban J connectivity index is 2.98. The van der Waals surface area contributed by atoms with Crippen LogP contribution in [-0.4, -0.2) is 42.1 Å². The molecule has 0 bridgehead atoms. The van der Waals surface area contributed by atoms with Crippen LogP contribution < -0.4 is 0 Å². The van der Waals surface area contributed by atoms with Crippen molar-refractivity contribution in [2.75, 3.05) is 7.11 Å². The van der Waals surface area contributed by atoms with E-state index in [0.29, 0.717) is 6.42 Å². The normalized spacial score (nSPS) is 34.6. The van der Waals surface area contributed by atoms with E-state index in [1.807, 2.05) is 27.7 Å². The second-order valence-electron chi connectivity index (χ2n) is 6.31. The van der Waals surface area contributed by atoms with Gasteiger partial charge in [-0.05, 0) is 18.3 Å². The van der Waals surface area contributed by atoms with Crippen molar-refractivity contribution in [2.24, 2.45) is 17.8 Å². The molecule has 1 aliphatic heterocycles. The van der Waals surface area contributed by atoms with Crippen LogP contribution in [0.3, 0.4) is 0 Å². The van der Waals surface area contributed by atoms with Gasteiger partial charge in [-0.15, -0.1) is 0 Å². The number of carbonyl (C=O) groups excluding carboxylic acids is 2. The molecular weight excluding hydrogens is 288 g/mol. The van der Waals surface area contributed by atoms with Gasteiger partial charge in [0, 0.05) is 19.3 Å². The molecule has 22 heavy (non-hydrogen) atoms. The van der Waals surface area contributed by atoms with E-state index >= 15 is 0 Å². The molecule has 1 saturated heterocycles. The Labute approximate surface area is 132 Å². The SMILES string of the molecule is CC[C@@H](OC(C)=O)[C@@H](C)C1O[C@](O)(C(=O)OC)C[C@@H](C)[C@H]1C. The molecule has 1 rings (SSSR count). The van der Waals surface area contributed by atoms with E-state index in [0.717, 1.165) is 0 Å². The Kier molecular flexibility index (Phi) is 6.38. The summed E-state index contributed by atoms with van der Waals surface area (Å²) in [5.41, 5.74) is 0. The second kappa shape index (κ2) is 7.42. The number of rotatable bonds is 5. The number of esters is 2. The molecule has 6 heteroatoms. The van der Waals surface area contributed by atoms with E-state index in [1.165, 1.54) is 14.0 Å². The third-order valence-electron chi connectivity index (χ3n) is 4.67. The summed E-state index contributed by atoms with van der Waals surface area (Å²) in [6.45, 7) is 9.19. The smallest absolute Gasteiger partial charge is 0.366 e. The number of hydrogen-bond donors (Lipinski definition) is 1. The zero-order valence-electron chi connectivity index (χ0n) is 14.3. The molecule has 6 atom stereocenters. The van der Waals surface area contributed by atoms with Gasteiger partial charge in [-0.25, -0.2) is 4.79 Å². The molecule has 0 radical (unpaired) electrons. The molecule has 0 aliphatic carbocycles. The van der Waals surface area contributed by atoms with Gasteiger partial charge < -0.3 is 19.3 Å². The number of hydrogen-bond acceptors (Lipinski definition) is 6. The fourth-order valence-corrected chi connectivity index (χ4v) is 3.19. The molecule has 6 nitrogen and oxygen atoms in total. The minimum Gasteiger partial charge on any atom is -0.465 e. The summed E-state index contributed by atoms with van der Waals surface area (Å²) in [6, 6.07) is 0. The quantitative estimate of drug-likeness (QED) is 0.780. The minimum absolute atomic E-state index is 0.0696. The lowest BCUT2D eigenvalue weighted by atomic mass is 9.76. The molecular formula is C16H28O6. The highest BCUT2D eigenvalue weighted by atomic mass is 16.7. The molecule has 128 valence electrons. The van der Waals surface area contributed by atoms with Crippen molar-refractivity contribution >= 4 is 11.9 Å². The Hall–Kier alpha value is -1.14. The van der Waals surface area contributed by atoms with Crippen molar-refractivity contribution in [3.05, 3.63) is 0 Å². The summed E-state index contributed by atoms with van der Waals surface area (Å²) in [5, 5.41) is 10.5. The van der Waals surface area contributed by atoms with Gasteiger partial charge in [0.1, 0.15) is 6.10 Å². The number of carbonyl (C=O) groups is 2. The lowest BCUT2D eigenvalue weighted by molar-refractivity contribution is -0.288. The van der Waals surface area contributed by atoms with Gasteiger partial charge >= 0.3 is 11.9 Å². The number of aliphatic hydroxyl groups is 1. The first-order chi connectivity index (χ1) is 10.2. The Morgan fingerprint density at radius 1 is 1.41 bits per heavy atom. The minimum atomic E-state index is -1.94. The average molecular weight is 316 g/mol. The van der Waals surface area contributed by atoms with Crippen molar-refractivity contribution in [1.29, 1.82) is 0 Å². The highest BCUT2D eigenvalue weighted by molar-refractivity contribution is 5.77. The van der Waals surface area contributed by atoms with Gasteiger partial charge in [0.25, 0.3) is 5.79 Å². The second-order valence-corrected chi connectivity index (χ2v) is 6.31. The van der Waals surface area contributed by atoms with Crippen molar-refractivity contribution in [2.45, 2.75) is 65.5 Å². The zero-order chi connectivity index (χ0) is 17.1. The fraction of sp³-hybridized carbons (Fsp3) is 0.875. The largest absolute Gasteiger partial charge is 0.465 e. The summed E-state index contributed by atoms with van der Waals surface area (Å²) in [7, 11) is 1.22. The van der Waals surface area contributed by atoms with Gasteiger partial charge in [-0.2, -0.15) is 0 Å². The standard InChI is InChI=1S/C16H28O6/c1-7-13(21-12(5)17)11(4)14-10(3)9(2)8-16(19,22-14)15(18)20-6/h9-11,13-14,19H,7-8H2,1-6H3/t9-,10-,11-,13-,14?,16+/m1/s1. The van der Waals surface area contributed by atoms with Gasteiger partial charge in [0.15, 0.2) is 0 Å². The Morgan fingerprint density at radius 2 is 2.00 bits per heavy atom. The summed E-state index contributed by atoms with van der Waals surface area (Å²) in [6.07, 6.45) is 0.0987. The summed E-state index contributed by atoms with van der Waals surface area (Å²) >= 11 is 0. The third kappa shape index (κ3) is 3.98. The predicted octanol–water partition coefficient (Wildman–Crippen LogP) is 1.89. The van der Waals surface area contributed by atoms with Crippen LogP contribution >= 0.6 is 0 Å². The molecule has 0 saturated carbocycles. The fourth-order valence-electron chi connectivity index (χ4n) is 3.19. The van der Waals surface area contributed by atoms with Crippen LogP contribution in [0, 0.1) is 17.8 Å². The van der Waals surface area contributed by atoms with Crippen LogP contribution in [0.4, 0.5) is 0 Å². The highest BCUT2D eigenvalue weighted by Gasteiger charge is 2.51. The Morgan fingerprint density at radius 3 is 2.45 bits per heavy atom. The summed E-state index contributed by atoms with van der Waals surface area (Å²) < 4.78 is 15.7. The van der Waals surface area contributed by atoms with Gasteiger partial charge in [0.05, 0.1) is 13.2 Å². The van der Waals surface area contributed by atoms with E-state index in [4.69, 9.17) is 9.47 Å². The van der Waals surface area contributed by atoms with Crippen LogP contribution in [0.5, 0.6) is 0 Å². The maximum Gasteiger partial charge on any atom is 0.366 e. The topological polar surface area (TPSA) is 82.1 Å². The van der Waals surface area contributed by atoms with Crippen molar-refractivity contribution in [1.82, 2.24) is 0 Å². The van der Waals surface area contributed by atoms with E-state index in [9.17, 15) is 14.7 Å². The molecule has 1 fully saturated rings. The van der Waals surface area contributed by atoms with Gasteiger partial charge in [-0.3, -0.25) is 4.79 Å². The van der Waals surface area contributed by atoms with Crippen LogP contribution in [0.2, 0.25) is 0 Å². The van der Waals surface area contributed by atoms with Crippen molar-refractivity contribution in [3.63, 3.8) is 0 Å². The van der Waals surface area contributed by atoms with Crippen molar-refractivity contribution < 1.29 is 28.9 Å². The summed E-state index contributed by atoms with van der Waals surface area (Å²) in [4.78, 5) is 23.1. The molecule has 1 N–H and O–H groups in total. The molecule has 1 unspecified atom stereocenters. The molecule has 0 aromatic rings. The first kappa shape index (κ1) is 18.9. The van der Waals surface area contributed by atoms with Crippen LogP contribution in [0.1, 0.15) is 47.5 Å². The van der Waals surface area contributed by atoms with E-state index in [1.54, 1.807) is 0 Å². The van der Waals surface area contributed by atoms with E-state index in [2.05, 4.69) is 4.74 Å². The van der Waals surface area contributed by atoms with Crippen LogP contribution in [0.15, 0.2) is 0 Å². The van der Waals surface area contributed by atoms with Crippen LogP contribution in [0.25, 0.3) is 0 Å². The monoisotopic (exact) mass is 316 g/mol. The number of methoxy groups -OCH3 is 1. The lowest BCUT2D eigenvalue weighted by Gasteiger charge is -2.45. The molecule has 0 aromatic heterocycles. The average Bonchev–Trinajstić information content (AvgIpc) is 2.46. The van der Waals surface area contributed by atoms with E-state index in [-0.39, 0.29) is 36.2 Å². The Bertz CT molecular complexity index is 409. The van der Waals surface area contributed by atoms with E-state index < -0.39 is 17.9 Å². The maximum atomic E-state index is 11.8. The van der Waals surface area contributed by atoms with Gasteiger partial charge in [0.2, 0.25) is 0 Å². The maximum absolute atomic E-state index is 11.8. The number of ether oxygens (including phenoxy) is 3. The van der Waals surface area contributed by atoms with Crippen molar-refractivity contribution in [3.8, 4) is 0 Å². The third-order valence-corrected chi connectivity index (χ3v) is 4.67. The summed E-state index contributed by atoms with van der Waals surface area (Å²) in [5.74, 6) is -3.04. The van der Waals surface area contributed by atoms with Gasteiger partial charge in [-0.1, -0.05) is 27.7 Å². The zero-order valence-corrected chi connectivity index (χ0v) is 14.3. The molecule has 1 heterocycles. The highest BCUT2D eigenvalue weighted by Crippen LogP contribution is 2.40. The molecule has 0 amide bonds.